The second-order valence-electron chi connectivity index (χ2n) is 3.00. The Morgan fingerprint density at radius 1 is 1.43 bits per heavy atom. The van der Waals surface area contributed by atoms with E-state index in [0.29, 0.717) is 0 Å². The molecule has 0 atom stereocenters. The molecule has 0 fully saturated rings. The van der Waals surface area contributed by atoms with Crippen LogP contribution in [0.4, 0.5) is 0 Å². The van der Waals surface area contributed by atoms with Crippen LogP contribution in [0.15, 0.2) is 24.3 Å². The molecular weight excluding hydrogens is 190 g/mol. The van der Waals surface area contributed by atoms with Crippen LogP contribution < -0.4 is 10.6 Å². The minimum absolute atomic E-state index is 0.780. The molecule has 1 aromatic heterocycles. The topological polar surface area (TPSA) is 15.8 Å². The van der Waals surface area contributed by atoms with Crippen molar-refractivity contribution in [2.24, 2.45) is 0 Å². The maximum absolute atomic E-state index is 5.08. The predicted octanol–water partition coefficient (Wildman–Crippen LogP) is 2.29. The second kappa shape index (κ2) is 5.55. The van der Waals surface area contributed by atoms with Gasteiger partial charge in [0.1, 0.15) is 4.64 Å². The van der Waals surface area contributed by atoms with E-state index in [9.17, 15) is 0 Å². The Balaban J connectivity index is 3.44. The van der Waals surface area contributed by atoms with Crippen molar-refractivity contribution < 1.29 is 0 Å². The third-order valence-electron chi connectivity index (χ3n) is 1.86. The van der Waals surface area contributed by atoms with Crippen molar-refractivity contribution in [1.29, 1.82) is 0 Å². The lowest BCUT2D eigenvalue weighted by molar-refractivity contribution is 1.16. The van der Waals surface area contributed by atoms with E-state index in [0.717, 1.165) is 16.4 Å². The predicted molar refractivity (Wildman–Crippen MR) is 64.9 cm³/mol. The average Bonchev–Trinajstić information content (AvgIpc) is 2.17. The highest BCUT2D eigenvalue weighted by Gasteiger charge is 1.83. The summed E-state index contributed by atoms with van der Waals surface area (Å²) in [7, 11) is 0. The van der Waals surface area contributed by atoms with Crippen molar-refractivity contribution >= 4 is 24.4 Å². The van der Waals surface area contributed by atoms with E-state index in [-0.39, 0.29) is 0 Å². The highest BCUT2D eigenvalue weighted by Crippen LogP contribution is 1.79. The molecule has 14 heavy (non-hydrogen) atoms. The normalized spacial score (nSPS) is 14.1. The maximum Gasteiger partial charge on any atom is 0.103 e. The highest BCUT2D eigenvalue weighted by atomic mass is 32.1. The summed E-state index contributed by atoms with van der Waals surface area (Å²) in [6.45, 7) is 4.12. The van der Waals surface area contributed by atoms with Crippen LogP contribution in [0.2, 0.25) is 0 Å². The van der Waals surface area contributed by atoms with Crippen molar-refractivity contribution in [3.05, 3.63) is 39.5 Å². The number of aromatic amines is 1. The second-order valence-corrected chi connectivity index (χ2v) is 3.44. The van der Waals surface area contributed by atoms with E-state index in [2.05, 4.69) is 24.1 Å². The van der Waals surface area contributed by atoms with Gasteiger partial charge in [-0.05, 0) is 30.7 Å². The molecule has 0 spiro atoms. The van der Waals surface area contributed by atoms with E-state index in [1.807, 2.05) is 31.2 Å². The summed E-state index contributed by atoms with van der Waals surface area (Å²) >= 11 is 5.08. The number of aromatic nitrogens is 1. The number of hydrogen-bond donors (Lipinski definition) is 1. The Morgan fingerprint density at radius 3 is 2.86 bits per heavy atom. The summed E-state index contributed by atoms with van der Waals surface area (Å²) in [5.41, 5.74) is 0. The van der Waals surface area contributed by atoms with E-state index in [4.69, 9.17) is 12.2 Å². The zero-order valence-electron chi connectivity index (χ0n) is 8.58. The van der Waals surface area contributed by atoms with Gasteiger partial charge in [-0.1, -0.05) is 43.4 Å². The molecule has 1 nitrogen and oxygen atoms in total. The van der Waals surface area contributed by atoms with Crippen LogP contribution in [0, 0.1) is 4.64 Å². The SMILES string of the molecule is CC=C/C=c1/ccc(=S)[nH]/c1=C/CC. The molecule has 0 aromatic carbocycles. The fraction of sp³-hybridized carbons (Fsp3) is 0.250. The van der Waals surface area contributed by atoms with Crippen LogP contribution in [0.25, 0.3) is 12.2 Å². The molecule has 0 aliphatic rings. The lowest BCUT2D eigenvalue weighted by Crippen LogP contribution is -2.27. The minimum Gasteiger partial charge on any atom is -0.346 e. The van der Waals surface area contributed by atoms with Crippen LogP contribution in [0.3, 0.4) is 0 Å². The zero-order chi connectivity index (χ0) is 10.4. The molecule has 2 heteroatoms. The first-order valence-electron chi connectivity index (χ1n) is 4.80. The quantitative estimate of drug-likeness (QED) is 0.732. The third-order valence-corrected chi connectivity index (χ3v) is 2.10. The molecule has 0 aliphatic carbocycles. The minimum atomic E-state index is 0.780. The van der Waals surface area contributed by atoms with Crippen LogP contribution in [0.1, 0.15) is 20.3 Å². The van der Waals surface area contributed by atoms with Gasteiger partial charge in [0, 0.05) is 5.35 Å². The highest BCUT2D eigenvalue weighted by molar-refractivity contribution is 7.71. The summed E-state index contributed by atoms with van der Waals surface area (Å²) in [6.07, 6.45) is 9.26. The Bertz CT molecular complexity index is 480. The molecule has 0 saturated heterocycles. The molecule has 0 aliphatic heterocycles. The van der Waals surface area contributed by atoms with Crippen LogP contribution in [-0.2, 0) is 0 Å². The monoisotopic (exact) mass is 205 g/mol. The Labute approximate surface area is 89.5 Å². The Hall–Kier alpha value is -1.15. The number of hydrogen-bond acceptors (Lipinski definition) is 1. The Morgan fingerprint density at radius 2 is 2.21 bits per heavy atom. The lowest BCUT2D eigenvalue weighted by atomic mass is 10.3. The number of nitrogens with one attached hydrogen (secondary N) is 1. The molecule has 0 radical (unpaired) electrons. The van der Waals surface area contributed by atoms with Gasteiger partial charge in [-0.2, -0.15) is 0 Å². The largest absolute Gasteiger partial charge is 0.346 e. The van der Waals surface area contributed by atoms with E-state index in [1.165, 1.54) is 5.22 Å². The first kappa shape index (κ1) is 10.9. The van der Waals surface area contributed by atoms with Gasteiger partial charge in [-0.25, -0.2) is 0 Å². The first-order chi connectivity index (χ1) is 6.77. The number of allylic oxidation sites excluding steroid dienone is 2. The zero-order valence-corrected chi connectivity index (χ0v) is 9.40. The standard InChI is InChI=1S/C12H15NS/c1-3-5-7-10-8-9-12(14)13-11(10)6-4-2/h3,5-9H,4H2,1-2H3,(H,13,14)/b5-3?,10-7-,11-6+. The van der Waals surface area contributed by atoms with Gasteiger partial charge in [-0.15, -0.1) is 0 Å². The van der Waals surface area contributed by atoms with E-state index < -0.39 is 0 Å². The van der Waals surface area contributed by atoms with Crippen LogP contribution in [-0.4, -0.2) is 4.98 Å². The van der Waals surface area contributed by atoms with Gasteiger partial charge < -0.3 is 4.98 Å². The third kappa shape index (κ3) is 2.96. The summed E-state index contributed by atoms with van der Waals surface area (Å²) < 4.78 is 0.780. The van der Waals surface area contributed by atoms with Gasteiger partial charge in [0.15, 0.2) is 0 Å². The van der Waals surface area contributed by atoms with E-state index in [1.54, 1.807) is 0 Å². The first-order valence-corrected chi connectivity index (χ1v) is 5.21. The Kier molecular flexibility index (Phi) is 4.33. The summed E-state index contributed by atoms with van der Waals surface area (Å²) in [4.78, 5) is 3.18. The summed E-state index contributed by atoms with van der Waals surface area (Å²) in [6, 6.07) is 3.96. The summed E-state index contributed by atoms with van der Waals surface area (Å²) in [5.74, 6) is 0. The van der Waals surface area contributed by atoms with Crippen molar-refractivity contribution in [3.63, 3.8) is 0 Å². The lowest BCUT2D eigenvalue weighted by Gasteiger charge is -1.90. The molecule has 0 amide bonds. The number of pyridine rings is 1. The molecule has 1 aromatic rings. The number of rotatable bonds is 2. The van der Waals surface area contributed by atoms with Crippen molar-refractivity contribution in [1.82, 2.24) is 4.98 Å². The van der Waals surface area contributed by atoms with Crippen molar-refractivity contribution in [2.45, 2.75) is 20.3 Å². The molecule has 0 bridgehead atoms. The molecular formula is C12H15NS. The fourth-order valence-electron chi connectivity index (χ4n) is 1.22. The molecule has 1 N–H and O–H groups in total. The molecule has 0 unspecified atom stereocenters. The molecule has 0 saturated carbocycles. The fourth-order valence-corrected chi connectivity index (χ4v) is 1.40. The molecule has 74 valence electrons. The summed E-state index contributed by atoms with van der Waals surface area (Å²) in [5, 5.41) is 2.29. The smallest absolute Gasteiger partial charge is 0.103 e. The average molecular weight is 205 g/mol. The molecule has 1 rings (SSSR count). The van der Waals surface area contributed by atoms with Gasteiger partial charge >= 0.3 is 0 Å². The van der Waals surface area contributed by atoms with Gasteiger partial charge in [0.05, 0.1) is 0 Å². The van der Waals surface area contributed by atoms with Crippen LogP contribution >= 0.6 is 12.2 Å². The maximum atomic E-state index is 5.08. The van der Waals surface area contributed by atoms with Gasteiger partial charge in [-0.3, -0.25) is 0 Å². The van der Waals surface area contributed by atoms with Gasteiger partial charge in [0.25, 0.3) is 0 Å². The van der Waals surface area contributed by atoms with Gasteiger partial charge in [0.2, 0.25) is 0 Å². The van der Waals surface area contributed by atoms with E-state index >= 15 is 0 Å². The number of H-pyrrole nitrogens is 1. The van der Waals surface area contributed by atoms with Crippen molar-refractivity contribution in [2.75, 3.05) is 0 Å². The molecule has 1 heterocycles. The van der Waals surface area contributed by atoms with Crippen LogP contribution in [0.5, 0.6) is 0 Å². The van der Waals surface area contributed by atoms with Crippen molar-refractivity contribution in [3.8, 4) is 0 Å².